The summed E-state index contributed by atoms with van der Waals surface area (Å²) in [5.41, 5.74) is 1.10. The van der Waals surface area contributed by atoms with Crippen molar-refractivity contribution >= 4 is 11.9 Å². The summed E-state index contributed by atoms with van der Waals surface area (Å²) in [5.74, 6) is -1.57. The van der Waals surface area contributed by atoms with Crippen molar-refractivity contribution in [1.82, 2.24) is 15.2 Å². The fourth-order valence-corrected chi connectivity index (χ4v) is 2.03. The summed E-state index contributed by atoms with van der Waals surface area (Å²) in [6.07, 6.45) is 4.87. The minimum Gasteiger partial charge on any atom is -0.481 e. The summed E-state index contributed by atoms with van der Waals surface area (Å²) in [6.45, 7) is 2.27. The fourth-order valence-electron chi connectivity index (χ4n) is 2.03. The van der Waals surface area contributed by atoms with Crippen LogP contribution in [0.3, 0.4) is 0 Å². The molecule has 136 valence electrons. The van der Waals surface area contributed by atoms with Gasteiger partial charge in [0.05, 0.1) is 17.8 Å². The minimum absolute atomic E-state index is 0.296. The number of pyridine rings is 1. The molecule has 0 atom stereocenters. The van der Waals surface area contributed by atoms with Crippen LogP contribution in [0.5, 0.6) is 0 Å². The summed E-state index contributed by atoms with van der Waals surface area (Å²) in [6, 6.07) is 3.83. The van der Waals surface area contributed by atoms with Crippen molar-refractivity contribution in [2.75, 3.05) is 13.1 Å². The van der Waals surface area contributed by atoms with Gasteiger partial charge >= 0.3 is 11.9 Å². The maximum atomic E-state index is 10.5. The first kappa shape index (κ1) is 19.9. The second-order valence-electron chi connectivity index (χ2n) is 5.14. The fraction of sp³-hybridized carbons (Fsp3) is 0.400. The molecule has 0 unspecified atom stereocenters. The zero-order chi connectivity index (χ0) is 18.7. The molecule has 25 heavy (non-hydrogen) atoms. The molecule has 0 saturated carbocycles. The number of aliphatic carboxylic acids is 2. The molecule has 2 heterocycles. The van der Waals surface area contributed by atoms with E-state index in [9.17, 15) is 19.7 Å². The molecule has 0 aliphatic carbocycles. The summed E-state index contributed by atoms with van der Waals surface area (Å²) >= 11 is 0. The topological polar surface area (TPSA) is 146 Å². The van der Waals surface area contributed by atoms with Gasteiger partial charge in [-0.05, 0) is 24.1 Å². The summed E-state index contributed by atoms with van der Waals surface area (Å²) in [5, 5.41) is 29.4. The van der Waals surface area contributed by atoms with E-state index in [4.69, 9.17) is 10.2 Å². The van der Waals surface area contributed by atoms with Crippen molar-refractivity contribution < 1.29 is 24.7 Å². The van der Waals surface area contributed by atoms with E-state index >= 15 is 0 Å². The lowest BCUT2D eigenvalue weighted by atomic mass is 10.2. The molecule has 10 heteroatoms. The molecule has 0 bridgehead atoms. The number of aromatic nitrogens is 1. The molecule has 1 saturated heterocycles. The Bertz CT molecular complexity index is 606. The lowest BCUT2D eigenvalue weighted by Gasteiger charge is -2.30. The highest BCUT2D eigenvalue weighted by atomic mass is 16.6. The first-order valence-corrected chi connectivity index (χ1v) is 7.55. The van der Waals surface area contributed by atoms with Crippen molar-refractivity contribution in [2.24, 2.45) is 0 Å². The third-order valence-electron chi connectivity index (χ3n) is 3.15. The minimum atomic E-state index is -1.08. The number of nitro groups is 1. The van der Waals surface area contributed by atoms with Crippen LogP contribution in [-0.2, 0) is 16.1 Å². The van der Waals surface area contributed by atoms with Crippen molar-refractivity contribution in [1.29, 1.82) is 0 Å². The van der Waals surface area contributed by atoms with E-state index < -0.39 is 16.9 Å². The number of carboxylic acids is 2. The zero-order valence-corrected chi connectivity index (χ0v) is 13.5. The van der Waals surface area contributed by atoms with E-state index in [2.05, 4.69) is 10.3 Å². The van der Waals surface area contributed by atoms with Crippen LogP contribution < -0.4 is 5.32 Å². The molecule has 0 radical (unpaired) electrons. The van der Waals surface area contributed by atoms with E-state index in [1.807, 2.05) is 17.0 Å². The molecule has 1 aliphatic heterocycles. The van der Waals surface area contributed by atoms with Crippen molar-refractivity contribution in [2.45, 2.75) is 25.8 Å². The molecular weight excluding hydrogens is 332 g/mol. The van der Waals surface area contributed by atoms with Gasteiger partial charge in [0.2, 0.25) is 0 Å². The second kappa shape index (κ2) is 10.6. The molecule has 10 nitrogen and oxygen atoms in total. The SMILES string of the molecule is O=C(O)CCC(=O)O.O=[N+]([O-])C=C1NCCCN1Cc1ccncc1. The standard InChI is InChI=1S/C11H14N4O2.C4H6O4/c16-15(17)9-11-13-4-1-7-14(11)8-10-2-5-12-6-3-10;5-3(6)1-2-4(7)8/h2-3,5-6,9,13H,1,4,7-8H2;1-2H2,(H,5,6)(H,7,8). The van der Waals surface area contributed by atoms with E-state index in [-0.39, 0.29) is 12.8 Å². The molecule has 1 aromatic heterocycles. The lowest BCUT2D eigenvalue weighted by molar-refractivity contribution is -0.405. The highest BCUT2D eigenvalue weighted by Crippen LogP contribution is 2.12. The van der Waals surface area contributed by atoms with Gasteiger partial charge in [0.1, 0.15) is 0 Å². The summed E-state index contributed by atoms with van der Waals surface area (Å²) in [4.78, 5) is 35.3. The maximum absolute atomic E-state index is 10.5. The molecule has 3 N–H and O–H groups in total. The third kappa shape index (κ3) is 8.89. The van der Waals surface area contributed by atoms with Crippen LogP contribution in [0.4, 0.5) is 0 Å². The van der Waals surface area contributed by atoms with Gasteiger partial charge < -0.3 is 20.4 Å². The van der Waals surface area contributed by atoms with Gasteiger partial charge in [0, 0.05) is 32.0 Å². The molecule has 0 spiro atoms. The predicted molar refractivity (Wildman–Crippen MR) is 86.8 cm³/mol. The molecule has 2 rings (SSSR count). The number of hydrogen-bond donors (Lipinski definition) is 3. The smallest absolute Gasteiger partial charge is 0.303 e. The number of nitrogens with one attached hydrogen (secondary N) is 1. The average Bonchev–Trinajstić information content (AvgIpc) is 2.56. The molecule has 0 amide bonds. The summed E-state index contributed by atoms with van der Waals surface area (Å²) in [7, 11) is 0. The normalized spacial score (nSPS) is 14.9. The van der Waals surface area contributed by atoms with E-state index in [1.165, 1.54) is 0 Å². The molecule has 0 aromatic carbocycles. The number of carboxylic acid groups (broad SMARTS) is 2. The second-order valence-corrected chi connectivity index (χ2v) is 5.14. The zero-order valence-electron chi connectivity index (χ0n) is 13.5. The Morgan fingerprint density at radius 1 is 1.28 bits per heavy atom. The monoisotopic (exact) mass is 352 g/mol. The first-order chi connectivity index (χ1) is 11.9. The Morgan fingerprint density at radius 2 is 1.88 bits per heavy atom. The van der Waals surface area contributed by atoms with E-state index in [0.717, 1.165) is 31.3 Å². The van der Waals surface area contributed by atoms with Crippen LogP contribution in [0.25, 0.3) is 0 Å². The number of carbonyl (C=O) groups is 2. The molecule has 1 aliphatic rings. The van der Waals surface area contributed by atoms with Gasteiger partial charge in [0.15, 0.2) is 5.82 Å². The van der Waals surface area contributed by atoms with E-state index in [1.54, 1.807) is 12.4 Å². The highest BCUT2D eigenvalue weighted by molar-refractivity contribution is 5.75. The van der Waals surface area contributed by atoms with Crippen LogP contribution in [-0.4, -0.2) is 50.0 Å². The molecule has 1 aromatic rings. The Hall–Kier alpha value is -3.17. The van der Waals surface area contributed by atoms with Crippen LogP contribution in [0.2, 0.25) is 0 Å². The molecule has 1 fully saturated rings. The quantitative estimate of drug-likeness (QED) is 0.501. The maximum Gasteiger partial charge on any atom is 0.303 e. The van der Waals surface area contributed by atoms with Crippen LogP contribution in [0.15, 0.2) is 36.5 Å². The Kier molecular flexibility index (Phi) is 8.41. The van der Waals surface area contributed by atoms with Crippen molar-refractivity contribution in [3.63, 3.8) is 0 Å². The van der Waals surface area contributed by atoms with Gasteiger partial charge in [-0.15, -0.1) is 0 Å². The Morgan fingerprint density at radius 3 is 2.40 bits per heavy atom. The van der Waals surface area contributed by atoms with Gasteiger partial charge in [0.25, 0.3) is 6.20 Å². The number of hydrogen-bond acceptors (Lipinski definition) is 7. The van der Waals surface area contributed by atoms with Crippen molar-refractivity contribution in [3.8, 4) is 0 Å². The average molecular weight is 352 g/mol. The highest BCUT2D eigenvalue weighted by Gasteiger charge is 2.17. The number of rotatable bonds is 6. The van der Waals surface area contributed by atoms with E-state index in [0.29, 0.717) is 12.4 Å². The van der Waals surface area contributed by atoms with Crippen LogP contribution >= 0.6 is 0 Å². The van der Waals surface area contributed by atoms with Crippen LogP contribution in [0, 0.1) is 10.1 Å². The third-order valence-corrected chi connectivity index (χ3v) is 3.15. The lowest BCUT2D eigenvalue weighted by Crippen LogP contribution is -2.39. The van der Waals surface area contributed by atoms with Gasteiger partial charge in [-0.25, -0.2) is 0 Å². The van der Waals surface area contributed by atoms with Gasteiger partial charge in [-0.3, -0.25) is 24.7 Å². The summed E-state index contributed by atoms with van der Waals surface area (Å²) < 4.78 is 0. The Balaban J connectivity index is 0.000000333. The predicted octanol–water partition coefficient (Wildman–Crippen LogP) is 0.888. The first-order valence-electron chi connectivity index (χ1n) is 7.55. The Labute approximate surface area is 143 Å². The van der Waals surface area contributed by atoms with Crippen LogP contribution in [0.1, 0.15) is 24.8 Å². The number of nitrogens with zero attached hydrogens (tertiary/aromatic N) is 3. The van der Waals surface area contributed by atoms with Crippen molar-refractivity contribution in [3.05, 3.63) is 52.2 Å². The molecular formula is C15H20N4O6. The largest absolute Gasteiger partial charge is 0.481 e. The van der Waals surface area contributed by atoms with Gasteiger partial charge in [-0.2, -0.15) is 0 Å². The van der Waals surface area contributed by atoms with Gasteiger partial charge in [-0.1, -0.05) is 0 Å².